The fraction of sp³-hybridized carbons (Fsp3) is 0.786. The largest absolute Gasteiger partial charge is 0.310 e. The Morgan fingerprint density at radius 1 is 1.43 bits per heavy atom. The van der Waals surface area contributed by atoms with Crippen molar-refractivity contribution < 1.29 is 8.42 Å². The fourth-order valence-electron chi connectivity index (χ4n) is 2.42. The summed E-state index contributed by atoms with van der Waals surface area (Å²) >= 11 is 0. The Morgan fingerprint density at radius 2 is 2.10 bits per heavy atom. The molecule has 1 aromatic heterocycles. The summed E-state index contributed by atoms with van der Waals surface area (Å²) in [5, 5.41) is 10.4. The van der Waals surface area contributed by atoms with Crippen LogP contribution in [0.1, 0.15) is 51.3 Å². The van der Waals surface area contributed by atoms with Crippen LogP contribution in [-0.2, 0) is 16.6 Å². The summed E-state index contributed by atoms with van der Waals surface area (Å²) in [6, 6.07) is 0.507. The molecule has 0 saturated heterocycles. The number of rotatable bonds is 8. The lowest BCUT2D eigenvalue weighted by Crippen LogP contribution is -2.38. The molecule has 7 heteroatoms. The van der Waals surface area contributed by atoms with Gasteiger partial charge in [0, 0.05) is 36.4 Å². The van der Waals surface area contributed by atoms with E-state index in [1.807, 2.05) is 27.7 Å². The van der Waals surface area contributed by atoms with Gasteiger partial charge in [-0.05, 0) is 33.1 Å². The maximum absolute atomic E-state index is 12.9. The summed E-state index contributed by atoms with van der Waals surface area (Å²) in [5.41, 5.74) is 1.59. The van der Waals surface area contributed by atoms with Gasteiger partial charge >= 0.3 is 0 Å². The van der Waals surface area contributed by atoms with E-state index in [-0.39, 0.29) is 11.1 Å². The molecule has 2 rings (SSSR count). The zero-order valence-electron chi connectivity index (χ0n) is 13.3. The van der Waals surface area contributed by atoms with Crippen LogP contribution in [0.2, 0.25) is 0 Å². The van der Waals surface area contributed by atoms with Crippen LogP contribution in [0, 0.1) is 6.92 Å². The molecule has 2 N–H and O–H groups in total. The number of sulfonamides is 1. The van der Waals surface area contributed by atoms with Gasteiger partial charge in [0.2, 0.25) is 0 Å². The molecule has 1 atom stereocenters. The Bertz CT molecular complexity index is 578. The van der Waals surface area contributed by atoms with Gasteiger partial charge in [-0.15, -0.1) is 0 Å². The number of hydrogen-bond acceptors (Lipinski definition) is 4. The van der Waals surface area contributed by atoms with Gasteiger partial charge in [-0.25, -0.2) is 8.42 Å². The average Bonchev–Trinajstić information content (AvgIpc) is 3.19. The van der Waals surface area contributed by atoms with Gasteiger partial charge in [0.15, 0.2) is 5.03 Å². The molecular formula is C14H26N4O2S. The number of nitrogens with zero attached hydrogens (tertiary/aromatic N) is 2. The number of aryl methyl sites for hydroxylation is 1. The molecule has 1 heterocycles. The van der Waals surface area contributed by atoms with Crippen molar-refractivity contribution in [2.45, 2.75) is 70.6 Å². The van der Waals surface area contributed by atoms with Gasteiger partial charge in [-0.3, -0.25) is 5.10 Å². The lowest BCUT2D eigenvalue weighted by molar-refractivity contribution is 0.341. The molecule has 6 nitrogen and oxygen atoms in total. The molecule has 120 valence electrons. The molecule has 0 bridgehead atoms. The third-order valence-corrected chi connectivity index (χ3v) is 6.19. The number of aromatic nitrogens is 2. The first-order valence-electron chi connectivity index (χ1n) is 7.70. The van der Waals surface area contributed by atoms with E-state index >= 15 is 0 Å². The molecule has 1 saturated carbocycles. The van der Waals surface area contributed by atoms with E-state index in [0.717, 1.165) is 17.7 Å². The van der Waals surface area contributed by atoms with Crippen molar-refractivity contribution >= 4 is 10.0 Å². The fourth-order valence-corrected chi connectivity index (χ4v) is 4.30. The van der Waals surface area contributed by atoms with Gasteiger partial charge in [-0.2, -0.15) is 9.40 Å². The molecule has 0 spiro atoms. The summed E-state index contributed by atoms with van der Waals surface area (Å²) in [7, 11) is -3.55. The first-order chi connectivity index (χ1) is 9.91. The number of hydrogen-bond donors (Lipinski definition) is 2. The van der Waals surface area contributed by atoms with Crippen LogP contribution in [0.3, 0.4) is 0 Å². The smallest absolute Gasteiger partial charge is 0.262 e. The minimum absolute atomic E-state index is 0.0266. The third-order valence-electron chi connectivity index (χ3n) is 4.13. The minimum atomic E-state index is -3.55. The van der Waals surface area contributed by atoms with Crippen molar-refractivity contribution in [1.29, 1.82) is 0 Å². The Labute approximate surface area is 127 Å². The second-order valence-corrected chi connectivity index (χ2v) is 7.56. The van der Waals surface area contributed by atoms with E-state index < -0.39 is 10.0 Å². The van der Waals surface area contributed by atoms with Gasteiger partial charge < -0.3 is 5.32 Å². The van der Waals surface area contributed by atoms with E-state index in [9.17, 15) is 8.42 Å². The van der Waals surface area contributed by atoms with Crippen LogP contribution in [0.4, 0.5) is 0 Å². The molecule has 0 amide bonds. The van der Waals surface area contributed by atoms with E-state index in [0.29, 0.717) is 19.1 Å². The molecule has 1 fully saturated rings. The summed E-state index contributed by atoms with van der Waals surface area (Å²) in [4.78, 5) is 0. The number of H-pyrrole nitrogens is 1. The van der Waals surface area contributed by atoms with Gasteiger partial charge in [0.05, 0.1) is 0 Å². The lowest BCUT2D eigenvalue weighted by atomic mass is 10.2. The highest BCUT2D eigenvalue weighted by Crippen LogP contribution is 2.25. The predicted octanol–water partition coefficient (Wildman–Crippen LogP) is 1.78. The van der Waals surface area contributed by atoms with Crippen molar-refractivity contribution in [3.63, 3.8) is 0 Å². The Hall–Kier alpha value is -0.920. The van der Waals surface area contributed by atoms with Crippen LogP contribution < -0.4 is 5.32 Å². The summed E-state index contributed by atoms with van der Waals surface area (Å²) < 4.78 is 27.3. The molecule has 1 aliphatic carbocycles. The number of nitrogens with one attached hydrogen (secondary N) is 2. The van der Waals surface area contributed by atoms with Crippen LogP contribution in [0.5, 0.6) is 0 Å². The number of aromatic amines is 1. The summed E-state index contributed by atoms with van der Waals surface area (Å²) in [6.07, 6.45) is 3.13. The zero-order valence-corrected chi connectivity index (χ0v) is 14.1. The maximum atomic E-state index is 12.9. The van der Waals surface area contributed by atoms with E-state index in [4.69, 9.17) is 0 Å². The van der Waals surface area contributed by atoms with E-state index in [1.54, 1.807) is 0 Å². The Balaban J connectivity index is 2.29. The van der Waals surface area contributed by atoms with Crippen molar-refractivity contribution in [3.8, 4) is 0 Å². The van der Waals surface area contributed by atoms with Crippen LogP contribution >= 0.6 is 0 Å². The highest BCUT2D eigenvalue weighted by molar-refractivity contribution is 7.89. The van der Waals surface area contributed by atoms with E-state index in [2.05, 4.69) is 15.5 Å². The first kappa shape index (κ1) is 16.5. The molecule has 0 radical (unpaired) electrons. The van der Waals surface area contributed by atoms with Gasteiger partial charge in [0.25, 0.3) is 10.0 Å². The second-order valence-electron chi connectivity index (χ2n) is 5.75. The molecule has 1 unspecified atom stereocenters. The Kier molecular flexibility index (Phi) is 5.06. The molecule has 0 aliphatic heterocycles. The third kappa shape index (κ3) is 3.46. The molecule has 1 aromatic rings. The standard InChI is InChI=1S/C14H26N4O2S/c1-5-10(3)18(6-2)21(19,20)14-13(11(4)16-17-14)9-15-12-7-8-12/h10,12,15H,5-9H2,1-4H3,(H,16,17). The van der Waals surface area contributed by atoms with Crippen LogP contribution in [-0.4, -0.2) is 41.5 Å². The molecule has 0 aromatic carbocycles. The topological polar surface area (TPSA) is 78.1 Å². The highest BCUT2D eigenvalue weighted by atomic mass is 32.2. The SMILES string of the molecule is CCC(C)N(CC)S(=O)(=O)c1n[nH]c(C)c1CNC1CC1. The summed E-state index contributed by atoms with van der Waals surface area (Å²) in [5.74, 6) is 0. The molecule has 21 heavy (non-hydrogen) atoms. The minimum Gasteiger partial charge on any atom is -0.310 e. The lowest BCUT2D eigenvalue weighted by Gasteiger charge is -2.25. The van der Waals surface area contributed by atoms with Crippen molar-refractivity contribution in [1.82, 2.24) is 19.8 Å². The molecule has 1 aliphatic rings. The second kappa shape index (κ2) is 6.46. The van der Waals surface area contributed by atoms with E-state index in [1.165, 1.54) is 17.1 Å². The van der Waals surface area contributed by atoms with Crippen LogP contribution in [0.15, 0.2) is 5.03 Å². The Morgan fingerprint density at radius 3 is 2.62 bits per heavy atom. The van der Waals surface area contributed by atoms with Gasteiger partial charge in [0.1, 0.15) is 0 Å². The van der Waals surface area contributed by atoms with Crippen molar-refractivity contribution in [2.75, 3.05) is 6.54 Å². The predicted molar refractivity (Wildman–Crippen MR) is 82.5 cm³/mol. The van der Waals surface area contributed by atoms with Crippen molar-refractivity contribution in [3.05, 3.63) is 11.3 Å². The molecular weight excluding hydrogens is 288 g/mol. The maximum Gasteiger partial charge on any atom is 0.262 e. The monoisotopic (exact) mass is 314 g/mol. The first-order valence-corrected chi connectivity index (χ1v) is 9.14. The van der Waals surface area contributed by atoms with Crippen LogP contribution in [0.25, 0.3) is 0 Å². The quantitative estimate of drug-likeness (QED) is 0.766. The summed E-state index contributed by atoms with van der Waals surface area (Å²) in [6.45, 7) is 8.68. The van der Waals surface area contributed by atoms with Crippen molar-refractivity contribution in [2.24, 2.45) is 0 Å². The zero-order chi connectivity index (χ0) is 15.6. The highest BCUT2D eigenvalue weighted by Gasteiger charge is 2.32. The normalized spacial score (nSPS) is 17.4. The van der Waals surface area contributed by atoms with Gasteiger partial charge in [-0.1, -0.05) is 13.8 Å². The average molecular weight is 314 g/mol.